The SMILES string of the molecule is C[C@@H](Oc1ccc(C(=O)c2ccccc2)cc1)C(=O)NCc1ccco1. The number of ketones is 1. The van der Waals surface area contributed by atoms with Crippen LogP contribution in [0, 0.1) is 0 Å². The summed E-state index contributed by atoms with van der Waals surface area (Å²) >= 11 is 0. The van der Waals surface area contributed by atoms with Gasteiger partial charge in [0.2, 0.25) is 0 Å². The molecule has 3 aromatic rings. The zero-order valence-corrected chi connectivity index (χ0v) is 14.3. The van der Waals surface area contributed by atoms with Gasteiger partial charge in [-0.25, -0.2) is 0 Å². The van der Waals surface area contributed by atoms with Gasteiger partial charge in [-0.15, -0.1) is 0 Å². The molecule has 1 amide bonds. The predicted octanol–water partition coefficient (Wildman–Crippen LogP) is 3.59. The number of nitrogens with one attached hydrogen (secondary N) is 1. The first kappa shape index (κ1) is 17.5. The molecule has 1 N–H and O–H groups in total. The van der Waals surface area contributed by atoms with E-state index in [0.717, 1.165) is 0 Å². The van der Waals surface area contributed by atoms with Crippen LogP contribution in [0.3, 0.4) is 0 Å². The summed E-state index contributed by atoms with van der Waals surface area (Å²) < 4.78 is 10.8. The van der Waals surface area contributed by atoms with Gasteiger partial charge in [0.05, 0.1) is 12.8 Å². The highest BCUT2D eigenvalue weighted by molar-refractivity contribution is 6.08. The van der Waals surface area contributed by atoms with Gasteiger partial charge >= 0.3 is 0 Å². The van der Waals surface area contributed by atoms with E-state index < -0.39 is 6.10 Å². The van der Waals surface area contributed by atoms with Gasteiger partial charge in [-0.2, -0.15) is 0 Å². The van der Waals surface area contributed by atoms with E-state index in [-0.39, 0.29) is 11.7 Å². The lowest BCUT2D eigenvalue weighted by Gasteiger charge is -2.14. The van der Waals surface area contributed by atoms with Crippen molar-refractivity contribution in [1.29, 1.82) is 0 Å². The normalized spacial score (nSPS) is 11.6. The Bertz CT molecular complexity index is 855. The van der Waals surface area contributed by atoms with Gasteiger partial charge in [0.15, 0.2) is 11.9 Å². The maximum Gasteiger partial charge on any atom is 0.261 e. The van der Waals surface area contributed by atoms with Crippen LogP contribution in [0.25, 0.3) is 0 Å². The quantitative estimate of drug-likeness (QED) is 0.662. The topological polar surface area (TPSA) is 68.5 Å². The first-order valence-electron chi connectivity index (χ1n) is 8.30. The lowest BCUT2D eigenvalue weighted by molar-refractivity contribution is -0.127. The van der Waals surface area contributed by atoms with Crippen molar-refractivity contribution in [2.45, 2.75) is 19.6 Å². The number of rotatable bonds is 7. The zero-order chi connectivity index (χ0) is 18.4. The smallest absolute Gasteiger partial charge is 0.261 e. The molecule has 0 radical (unpaired) electrons. The average molecular weight is 349 g/mol. The standard InChI is InChI=1S/C21H19NO4/c1-15(21(24)22-14-19-8-5-13-25-19)26-18-11-9-17(10-12-18)20(23)16-6-3-2-4-7-16/h2-13,15H,14H2,1H3,(H,22,24)/t15-/m1/s1. The summed E-state index contributed by atoms with van der Waals surface area (Å²) in [5.41, 5.74) is 1.20. The average Bonchev–Trinajstić information content (AvgIpc) is 3.20. The van der Waals surface area contributed by atoms with Crippen LogP contribution < -0.4 is 10.1 Å². The summed E-state index contributed by atoms with van der Waals surface area (Å²) in [6, 6.07) is 19.4. The molecular weight excluding hydrogens is 330 g/mol. The summed E-state index contributed by atoms with van der Waals surface area (Å²) in [7, 11) is 0. The summed E-state index contributed by atoms with van der Waals surface area (Å²) in [6.07, 6.45) is 0.889. The van der Waals surface area contributed by atoms with Crippen LogP contribution in [0.2, 0.25) is 0 Å². The van der Waals surface area contributed by atoms with Crippen LogP contribution in [0.15, 0.2) is 77.4 Å². The molecule has 0 unspecified atom stereocenters. The number of benzene rings is 2. The van der Waals surface area contributed by atoms with Gasteiger partial charge in [0.25, 0.3) is 5.91 Å². The van der Waals surface area contributed by atoms with E-state index in [1.54, 1.807) is 61.7 Å². The third kappa shape index (κ3) is 4.39. The highest BCUT2D eigenvalue weighted by Crippen LogP contribution is 2.17. The lowest BCUT2D eigenvalue weighted by Crippen LogP contribution is -2.35. The third-order valence-electron chi connectivity index (χ3n) is 3.85. The van der Waals surface area contributed by atoms with Crippen molar-refractivity contribution in [3.8, 4) is 5.75 Å². The van der Waals surface area contributed by atoms with Crippen molar-refractivity contribution in [3.63, 3.8) is 0 Å². The molecule has 0 aliphatic heterocycles. The summed E-state index contributed by atoms with van der Waals surface area (Å²) in [4.78, 5) is 24.4. The molecule has 26 heavy (non-hydrogen) atoms. The Morgan fingerprint density at radius 1 is 0.962 bits per heavy atom. The molecule has 0 saturated carbocycles. The van der Waals surface area contributed by atoms with Crippen LogP contribution in [-0.4, -0.2) is 17.8 Å². The molecule has 0 fully saturated rings. The molecule has 0 bridgehead atoms. The monoisotopic (exact) mass is 349 g/mol. The van der Waals surface area contributed by atoms with E-state index in [4.69, 9.17) is 9.15 Å². The van der Waals surface area contributed by atoms with Gasteiger partial charge in [0.1, 0.15) is 11.5 Å². The number of furan rings is 1. The van der Waals surface area contributed by atoms with Gasteiger partial charge in [-0.1, -0.05) is 30.3 Å². The Morgan fingerprint density at radius 3 is 2.31 bits per heavy atom. The molecule has 1 heterocycles. The second-order valence-corrected chi connectivity index (χ2v) is 5.78. The van der Waals surface area contributed by atoms with Crippen molar-refractivity contribution in [2.24, 2.45) is 0 Å². The van der Waals surface area contributed by atoms with E-state index in [2.05, 4.69) is 5.32 Å². The minimum Gasteiger partial charge on any atom is -0.481 e. The Hall–Kier alpha value is -3.34. The molecule has 5 heteroatoms. The van der Waals surface area contributed by atoms with E-state index in [1.807, 2.05) is 18.2 Å². The molecule has 3 rings (SSSR count). The largest absolute Gasteiger partial charge is 0.481 e. The molecule has 132 valence electrons. The second kappa shape index (κ2) is 8.16. The number of hydrogen-bond acceptors (Lipinski definition) is 4. The molecule has 0 saturated heterocycles. The van der Waals surface area contributed by atoms with Crippen molar-refractivity contribution in [1.82, 2.24) is 5.32 Å². The Morgan fingerprint density at radius 2 is 1.65 bits per heavy atom. The summed E-state index contributed by atoms with van der Waals surface area (Å²) in [6.45, 7) is 1.98. The molecular formula is C21H19NO4. The number of hydrogen-bond donors (Lipinski definition) is 1. The van der Waals surface area contributed by atoms with Gasteiger partial charge in [-0.05, 0) is 43.3 Å². The molecule has 2 aromatic carbocycles. The third-order valence-corrected chi connectivity index (χ3v) is 3.85. The molecule has 1 aromatic heterocycles. The van der Waals surface area contributed by atoms with E-state index in [1.165, 1.54) is 0 Å². The fourth-order valence-electron chi connectivity index (χ4n) is 2.43. The Kier molecular flexibility index (Phi) is 5.49. The van der Waals surface area contributed by atoms with Crippen LogP contribution in [0.5, 0.6) is 5.75 Å². The van der Waals surface area contributed by atoms with Gasteiger partial charge in [0, 0.05) is 11.1 Å². The number of amides is 1. The Balaban J connectivity index is 1.56. The maximum absolute atomic E-state index is 12.4. The van der Waals surface area contributed by atoms with Crippen LogP contribution in [0.1, 0.15) is 28.6 Å². The first-order valence-corrected chi connectivity index (χ1v) is 8.30. The highest BCUT2D eigenvalue weighted by atomic mass is 16.5. The van der Waals surface area contributed by atoms with Crippen molar-refractivity contribution in [3.05, 3.63) is 89.9 Å². The van der Waals surface area contributed by atoms with E-state index in [0.29, 0.717) is 29.2 Å². The molecule has 5 nitrogen and oxygen atoms in total. The van der Waals surface area contributed by atoms with Crippen molar-refractivity contribution >= 4 is 11.7 Å². The minimum atomic E-state index is -0.666. The first-order chi connectivity index (χ1) is 12.6. The number of ether oxygens (including phenoxy) is 1. The molecule has 0 spiro atoms. The summed E-state index contributed by atoms with van der Waals surface area (Å²) in [5, 5.41) is 2.74. The van der Waals surface area contributed by atoms with Crippen molar-refractivity contribution in [2.75, 3.05) is 0 Å². The van der Waals surface area contributed by atoms with Crippen LogP contribution in [-0.2, 0) is 11.3 Å². The minimum absolute atomic E-state index is 0.0543. The van der Waals surface area contributed by atoms with Gasteiger partial charge < -0.3 is 14.5 Å². The zero-order valence-electron chi connectivity index (χ0n) is 14.3. The highest BCUT2D eigenvalue weighted by Gasteiger charge is 2.15. The number of carbonyl (C=O) groups excluding carboxylic acids is 2. The van der Waals surface area contributed by atoms with E-state index >= 15 is 0 Å². The maximum atomic E-state index is 12.4. The van der Waals surface area contributed by atoms with E-state index in [9.17, 15) is 9.59 Å². The van der Waals surface area contributed by atoms with Gasteiger partial charge in [-0.3, -0.25) is 9.59 Å². The number of carbonyl (C=O) groups is 2. The molecule has 0 aliphatic rings. The van der Waals surface area contributed by atoms with Crippen molar-refractivity contribution < 1.29 is 18.7 Å². The fraction of sp³-hybridized carbons (Fsp3) is 0.143. The summed E-state index contributed by atoms with van der Waals surface area (Å²) in [5.74, 6) is 0.900. The van der Waals surface area contributed by atoms with Crippen LogP contribution >= 0.6 is 0 Å². The molecule has 1 atom stereocenters. The van der Waals surface area contributed by atoms with Crippen LogP contribution in [0.4, 0.5) is 0 Å². The Labute approximate surface area is 151 Å². The second-order valence-electron chi connectivity index (χ2n) is 5.78. The lowest BCUT2D eigenvalue weighted by atomic mass is 10.0. The predicted molar refractivity (Wildman–Crippen MR) is 97.0 cm³/mol. The molecule has 0 aliphatic carbocycles. The fourth-order valence-corrected chi connectivity index (χ4v) is 2.43.